The molecule has 1 aliphatic carbocycles. The van der Waals surface area contributed by atoms with Gasteiger partial charge in [-0.15, -0.1) is 0 Å². The predicted octanol–water partition coefficient (Wildman–Crippen LogP) is 4.68. The highest BCUT2D eigenvalue weighted by Gasteiger charge is 2.51. The van der Waals surface area contributed by atoms with Gasteiger partial charge in [-0.3, -0.25) is 4.79 Å². The fourth-order valence-corrected chi connectivity index (χ4v) is 5.11. The molecule has 0 spiro atoms. The number of alkyl halides is 3. The monoisotopic (exact) mass is 412 g/mol. The van der Waals surface area contributed by atoms with Crippen molar-refractivity contribution < 1.29 is 23.1 Å². The topological polar surface area (TPSA) is 52.6 Å². The van der Waals surface area contributed by atoms with Crippen molar-refractivity contribution in [2.45, 2.75) is 76.7 Å². The van der Waals surface area contributed by atoms with Crippen molar-refractivity contribution in [1.29, 1.82) is 0 Å². The van der Waals surface area contributed by atoms with Crippen molar-refractivity contribution >= 4 is 11.6 Å². The van der Waals surface area contributed by atoms with Crippen molar-refractivity contribution in [2.24, 2.45) is 11.8 Å². The van der Waals surface area contributed by atoms with E-state index in [0.717, 1.165) is 37.8 Å². The number of aliphatic hydroxyl groups excluding tert-OH is 1. The third-order valence-corrected chi connectivity index (χ3v) is 6.84. The van der Waals surface area contributed by atoms with Crippen molar-refractivity contribution in [3.63, 3.8) is 0 Å². The van der Waals surface area contributed by atoms with Crippen LogP contribution in [0.4, 0.5) is 18.9 Å². The summed E-state index contributed by atoms with van der Waals surface area (Å²) in [6.45, 7) is 6.14. The first-order valence-corrected chi connectivity index (χ1v) is 10.4. The lowest BCUT2D eigenvalue weighted by Gasteiger charge is -2.57. The minimum atomic E-state index is -4.33. The molecule has 2 N–H and O–H groups in total. The standard InChI is InChI=1S/C22H31F3N2O2/c1-14(2)19(13-28)27-20(29)9-6-16-12-18(10-11-21(16,27)3)26-17-7-4-15(5-8-17)22(23,24)25/h4-5,7-8,14,16,18-19,26,28H,6,9-13H2,1-3H3/t16-,18+,19-,21+/m1/s1. The maximum Gasteiger partial charge on any atom is 0.416 e. The van der Waals surface area contributed by atoms with E-state index in [9.17, 15) is 23.1 Å². The number of nitrogens with zero attached hydrogens (tertiary/aromatic N) is 1. The highest BCUT2D eigenvalue weighted by Crippen LogP contribution is 2.46. The lowest BCUT2D eigenvalue weighted by atomic mass is 9.66. The van der Waals surface area contributed by atoms with Gasteiger partial charge in [0.05, 0.1) is 18.2 Å². The normalized spacial score (nSPS) is 29.0. The van der Waals surface area contributed by atoms with Gasteiger partial charge in [-0.2, -0.15) is 13.2 Å². The van der Waals surface area contributed by atoms with E-state index in [1.165, 1.54) is 12.1 Å². The third kappa shape index (κ3) is 4.39. The Morgan fingerprint density at radius 3 is 2.45 bits per heavy atom. The number of benzene rings is 1. The van der Waals surface area contributed by atoms with Crippen LogP contribution in [0.3, 0.4) is 0 Å². The number of carbonyl (C=O) groups is 1. The second kappa shape index (κ2) is 8.17. The van der Waals surface area contributed by atoms with Crippen LogP contribution >= 0.6 is 0 Å². The molecule has 4 nitrogen and oxygen atoms in total. The first-order valence-electron chi connectivity index (χ1n) is 10.4. The van der Waals surface area contributed by atoms with Gasteiger partial charge in [0, 0.05) is 23.7 Å². The molecule has 1 aliphatic heterocycles. The highest BCUT2D eigenvalue weighted by molar-refractivity contribution is 5.78. The molecule has 1 heterocycles. The molecule has 162 valence electrons. The third-order valence-electron chi connectivity index (χ3n) is 6.84. The maximum absolute atomic E-state index is 12.8. The fourth-order valence-electron chi connectivity index (χ4n) is 5.11. The van der Waals surface area contributed by atoms with Crippen LogP contribution in [0.15, 0.2) is 24.3 Å². The zero-order valence-electron chi connectivity index (χ0n) is 17.3. The van der Waals surface area contributed by atoms with Gasteiger partial charge in [0.1, 0.15) is 0 Å². The lowest BCUT2D eigenvalue weighted by Crippen LogP contribution is -2.65. The van der Waals surface area contributed by atoms with Gasteiger partial charge < -0.3 is 15.3 Å². The Balaban J connectivity index is 1.71. The van der Waals surface area contributed by atoms with Crippen molar-refractivity contribution in [3.8, 4) is 0 Å². The largest absolute Gasteiger partial charge is 0.416 e. The molecule has 0 bridgehead atoms. The number of fused-ring (bicyclic) bond motifs is 1. The minimum absolute atomic E-state index is 0.0427. The first kappa shape index (κ1) is 21.9. The number of nitrogens with one attached hydrogen (secondary N) is 1. The first-order chi connectivity index (χ1) is 13.6. The summed E-state index contributed by atoms with van der Waals surface area (Å²) in [5.74, 6) is 0.585. The number of amides is 1. The van der Waals surface area contributed by atoms with Crippen LogP contribution in [0.1, 0.15) is 58.4 Å². The molecule has 1 aromatic rings. The average Bonchev–Trinajstić information content (AvgIpc) is 2.64. The van der Waals surface area contributed by atoms with Crippen LogP contribution < -0.4 is 5.32 Å². The summed E-state index contributed by atoms with van der Waals surface area (Å²) in [5.41, 5.74) is -0.249. The molecule has 1 amide bonds. The molecule has 0 radical (unpaired) electrons. The van der Waals surface area contributed by atoms with Crippen molar-refractivity contribution in [2.75, 3.05) is 11.9 Å². The summed E-state index contributed by atoms with van der Waals surface area (Å²) in [4.78, 5) is 14.7. The molecule has 7 heteroatoms. The van der Waals surface area contributed by atoms with E-state index < -0.39 is 11.7 Å². The molecular formula is C22H31F3N2O2. The lowest BCUT2D eigenvalue weighted by molar-refractivity contribution is -0.157. The smallest absolute Gasteiger partial charge is 0.394 e. The number of hydrogen-bond donors (Lipinski definition) is 2. The Morgan fingerprint density at radius 2 is 1.90 bits per heavy atom. The van der Waals surface area contributed by atoms with Gasteiger partial charge >= 0.3 is 6.18 Å². The number of anilines is 1. The van der Waals surface area contributed by atoms with Crippen LogP contribution in [-0.2, 0) is 11.0 Å². The molecule has 1 aromatic carbocycles. The SMILES string of the molecule is CC(C)[C@@H](CO)N1C(=O)CC[C@@H]2C[C@@H](Nc3ccc(C(F)(F)F)cc3)CC[C@@]21C. The predicted molar refractivity (Wildman–Crippen MR) is 106 cm³/mol. The number of hydrogen-bond acceptors (Lipinski definition) is 3. The molecule has 2 aliphatic rings. The number of aliphatic hydroxyl groups is 1. The van der Waals surface area contributed by atoms with Crippen LogP contribution in [-0.4, -0.2) is 40.1 Å². The zero-order chi connectivity index (χ0) is 21.4. The molecule has 1 saturated heterocycles. The van der Waals surface area contributed by atoms with Gasteiger partial charge in [0.25, 0.3) is 0 Å². The molecule has 3 rings (SSSR count). The van der Waals surface area contributed by atoms with Crippen LogP contribution in [0.5, 0.6) is 0 Å². The Bertz CT molecular complexity index is 720. The summed E-state index contributed by atoms with van der Waals surface area (Å²) in [5, 5.41) is 13.3. The number of piperidine rings is 1. The summed E-state index contributed by atoms with van der Waals surface area (Å²) in [6.07, 6.45) is -0.538. The van der Waals surface area contributed by atoms with E-state index in [4.69, 9.17) is 0 Å². The molecule has 0 aromatic heterocycles. The second-order valence-corrected chi connectivity index (χ2v) is 9.04. The van der Waals surface area contributed by atoms with Crippen LogP contribution in [0.2, 0.25) is 0 Å². The number of halogens is 3. The van der Waals surface area contributed by atoms with Gasteiger partial charge in [-0.25, -0.2) is 0 Å². The summed E-state index contributed by atoms with van der Waals surface area (Å²) in [6, 6.07) is 5.14. The zero-order valence-corrected chi connectivity index (χ0v) is 17.3. The fraction of sp³-hybridized carbons (Fsp3) is 0.682. The van der Waals surface area contributed by atoms with E-state index in [0.29, 0.717) is 18.0 Å². The van der Waals surface area contributed by atoms with E-state index in [-0.39, 0.29) is 36.1 Å². The second-order valence-electron chi connectivity index (χ2n) is 9.04. The number of likely N-dealkylation sites (tertiary alicyclic amines) is 1. The molecule has 1 saturated carbocycles. The van der Waals surface area contributed by atoms with Gasteiger partial charge in [-0.1, -0.05) is 13.8 Å². The highest BCUT2D eigenvalue weighted by atomic mass is 19.4. The van der Waals surface area contributed by atoms with E-state index in [2.05, 4.69) is 12.2 Å². The van der Waals surface area contributed by atoms with Crippen LogP contribution in [0, 0.1) is 11.8 Å². The Hall–Kier alpha value is -1.76. The Morgan fingerprint density at radius 1 is 1.24 bits per heavy atom. The minimum Gasteiger partial charge on any atom is -0.394 e. The maximum atomic E-state index is 12.8. The van der Waals surface area contributed by atoms with Gasteiger partial charge in [0.15, 0.2) is 0 Å². The Labute approximate surface area is 170 Å². The Kier molecular flexibility index (Phi) is 6.18. The molecule has 0 unspecified atom stereocenters. The summed E-state index contributed by atoms with van der Waals surface area (Å²) < 4.78 is 38.3. The average molecular weight is 412 g/mol. The van der Waals surface area contributed by atoms with Gasteiger partial charge in [-0.05, 0) is 68.7 Å². The van der Waals surface area contributed by atoms with Crippen LogP contribution in [0.25, 0.3) is 0 Å². The summed E-state index contributed by atoms with van der Waals surface area (Å²) >= 11 is 0. The van der Waals surface area contributed by atoms with E-state index in [1.807, 2.05) is 18.7 Å². The molecule has 2 fully saturated rings. The van der Waals surface area contributed by atoms with Crippen molar-refractivity contribution in [3.05, 3.63) is 29.8 Å². The van der Waals surface area contributed by atoms with Crippen molar-refractivity contribution in [1.82, 2.24) is 4.90 Å². The quantitative estimate of drug-likeness (QED) is 0.738. The van der Waals surface area contributed by atoms with E-state index >= 15 is 0 Å². The van der Waals surface area contributed by atoms with Gasteiger partial charge in [0.2, 0.25) is 5.91 Å². The molecule has 29 heavy (non-hydrogen) atoms. The summed E-state index contributed by atoms with van der Waals surface area (Å²) in [7, 11) is 0. The molecule has 4 atom stereocenters. The number of carbonyl (C=O) groups excluding carboxylic acids is 1. The molecular weight excluding hydrogens is 381 g/mol. The van der Waals surface area contributed by atoms with E-state index in [1.54, 1.807) is 0 Å². The number of rotatable bonds is 5.